The molecule has 1 saturated heterocycles. The summed E-state index contributed by atoms with van der Waals surface area (Å²) < 4.78 is 11.5. The van der Waals surface area contributed by atoms with Gasteiger partial charge in [0.15, 0.2) is 0 Å². The zero-order valence-corrected chi connectivity index (χ0v) is 12.8. The molecule has 0 aromatic carbocycles. The Morgan fingerprint density at radius 3 is 2.63 bits per heavy atom. The zero-order chi connectivity index (χ0) is 14.1. The second-order valence-corrected chi connectivity index (χ2v) is 6.91. The summed E-state index contributed by atoms with van der Waals surface area (Å²) in [5.41, 5.74) is -0.121. The van der Waals surface area contributed by atoms with Gasteiger partial charge in [-0.2, -0.15) is 0 Å². The molecule has 2 rings (SSSR count). The molecule has 1 N–H and O–H groups in total. The molecule has 1 aliphatic rings. The highest BCUT2D eigenvalue weighted by Gasteiger charge is 2.45. The van der Waals surface area contributed by atoms with Gasteiger partial charge in [-0.1, -0.05) is 0 Å². The van der Waals surface area contributed by atoms with Crippen LogP contribution in [0.3, 0.4) is 0 Å². The van der Waals surface area contributed by atoms with Crippen molar-refractivity contribution in [2.75, 3.05) is 0 Å². The minimum absolute atomic E-state index is 0.0259. The van der Waals surface area contributed by atoms with E-state index < -0.39 is 0 Å². The van der Waals surface area contributed by atoms with E-state index in [2.05, 4.69) is 39.9 Å². The van der Waals surface area contributed by atoms with Crippen molar-refractivity contribution in [2.45, 2.75) is 77.2 Å². The lowest BCUT2D eigenvalue weighted by Crippen LogP contribution is -2.47. The van der Waals surface area contributed by atoms with Gasteiger partial charge in [0, 0.05) is 18.5 Å². The molecule has 2 heterocycles. The van der Waals surface area contributed by atoms with Crippen molar-refractivity contribution >= 4 is 0 Å². The van der Waals surface area contributed by atoms with E-state index in [9.17, 15) is 0 Å². The molecule has 0 radical (unpaired) electrons. The minimum Gasteiger partial charge on any atom is -0.469 e. The van der Waals surface area contributed by atoms with Crippen molar-refractivity contribution in [1.29, 1.82) is 0 Å². The van der Waals surface area contributed by atoms with Crippen LogP contribution in [0.5, 0.6) is 0 Å². The van der Waals surface area contributed by atoms with Gasteiger partial charge in [0.05, 0.1) is 17.5 Å². The largest absolute Gasteiger partial charge is 0.469 e. The van der Waals surface area contributed by atoms with Crippen LogP contribution in [0.1, 0.15) is 53.2 Å². The van der Waals surface area contributed by atoms with Gasteiger partial charge >= 0.3 is 0 Å². The van der Waals surface area contributed by atoms with Crippen LogP contribution in [0.25, 0.3) is 0 Å². The Bertz CT molecular complexity index is 395. The SMILES string of the molecule is CC(CCc1ccco1)NC1CC(C)(C)OC1(C)C. The van der Waals surface area contributed by atoms with Crippen molar-refractivity contribution in [1.82, 2.24) is 5.32 Å². The molecule has 0 saturated carbocycles. The normalized spacial score (nSPS) is 26.5. The first kappa shape index (κ1) is 14.6. The molecule has 1 aliphatic heterocycles. The zero-order valence-electron chi connectivity index (χ0n) is 12.8. The maximum absolute atomic E-state index is 6.12. The molecule has 2 unspecified atom stereocenters. The smallest absolute Gasteiger partial charge is 0.103 e. The molecule has 0 amide bonds. The van der Waals surface area contributed by atoms with Crippen molar-refractivity contribution in [2.24, 2.45) is 0 Å². The highest BCUT2D eigenvalue weighted by molar-refractivity contribution is 5.01. The van der Waals surface area contributed by atoms with Gasteiger partial charge < -0.3 is 14.5 Å². The van der Waals surface area contributed by atoms with E-state index in [0.29, 0.717) is 12.1 Å². The van der Waals surface area contributed by atoms with Crippen LogP contribution in [-0.4, -0.2) is 23.3 Å². The van der Waals surface area contributed by atoms with Crippen molar-refractivity contribution in [3.8, 4) is 0 Å². The van der Waals surface area contributed by atoms with Gasteiger partial charge in [-0.3, -0.25) is 0 Å². The van der Waals surface area contributed by atoms with Gasteiger partial charge in [0.2, 0.25) is 0 Å². The van der Waals surface area contributed by atoms with Gasteiger partial charge in [0.25, 0.3) is 0 Å². The Morgan fingerprint density at radius 2 is 2.11 bits per heavy atom. The topological polar surface area (TPSA) is 34.4 Å². The number of hydrogen-bond donors (Lipinski definition) is 1. The molecule has 3 heteroatoms. The Morgan fingerprint density at radius 1 is 1.37 bits per heavy atom. The molecule has 2 atom stereocenters. The Kier molecular flexibility index (Phi) is 4.07. The number of furan rings is 1. The Labute approximate surface area is 116 Å². The molecule has 19 heavy (non-hydrogen) atoms. The number of nitrogens with one attached hydrogen (secondary N) is 1. The van der Waals surface area contributed by atoms with E-state index in [1.54, 1.807) is 6.26 Å². The quantitative estimate of drug-likeness (QED) is 0.884. The molecule has 0 bridgehead atoms. The lowest BCUT2D eigenvalue weighted by Gasteiger charge is -2.30. The number of ether oxygens (including phenoxy) is 1. The summed E-state index contributed by atoms with van der Waals surface area (Å²) in [6.45, 7) is 10.9. The first-order valence-electron chi connectivity index (χ1n) is 7.27. The number of hydrogen-bond acceptors (Lipinski definition) is 3. The molecule has 1 aromatic rings. The second-order valence-electron chi connectivity index (χ2n) is 6.91. The number of rotatable bonds is 5. The van der Waals surface area contributed by atoms with E-state index in [0.717, 1.165) is 25.0 Å². The van der Waals surface area contributed by atoms with Crippen LogP contribution in [-0.2, 0) is 11.2 Å². The Balaban J connectivity index is 1.83. The summed E-state index contributed by atoms with van der Waals surface area (Å²) in [5, 5.41) is 3.72. The first-order valence-corrected chi connectivity index (χ1v) is 7.27. The van der Waals surface area contributed by atoms with Crippen LogP contribution < -0.4 is 5.32 Å². The monoisotopic (exact) mass is 265 g/mol. The molecule has 1 aromatic heterocycles. The fourth-order valence-corrected chi connectivity index (χ4v) is 3.06. The highest BCUT2D eigenvalue weighted by Crippen LogP contribution is 2.37. The predicted molar refractivity (Wildman–Crippen MR) is 77.3 cm³/mol. The molecule has 1 fully saturated rings. The number of aryl methyl sites for hydroxylation is 1. The fourth-order valence-electron chi connectivity index (χ4n) is 3.06. The van der Waals surface area contributed by atoms with Crippen molar-refractivity contribution in [3.05, 3.63) is 24.2 Å². The third-order valence-electron chi connectivity index (χ3n) is 3.96. The van der Waals surface area contributed by atoms with E-state index in [1.807, 2.05) is 12.1 Å². The summed E-state index contributed by atoms with van der Waals surface area (Å²) in [6, 6.07) is 4.86. The van der Waals surface area contributed by atoms with Gasteiger partial charge in [0.1, 0.15) is 5.76 Å². The fraction of sp³-hybridized carbons (Fsp3) is 0.750. The molecule has 0 aliphatic carbocycles. The average Bonchev–Trinajstić information content (AvgIpc) is 2.82. The lowest BCUT2D eigenvalue weighted by molar-refractivity contribution is -0.0704. The van der Waals surface area contributed by atoms with Crippen molar-refractivity contribution in [3.63, 3.8) is 0 Å². The van der Waals surface area contributed by atoms with E-state index >= 15 is 0 Å². The van der Waals surface area contributed by atoms with Crippen LogP contribution >= 0.6 is 0 Å². The first-order chi connectivity index (χ1) is 8.78. The maximum Gasteiger partial charge on any atom is 0.103 e. The van der Waals surface area contributed by atoms with E-state index in [-0.39, 0.29) is 11.2 Å². The second kappa shape index (κ2) is 5.29. The molecular weight excluding hydrogens is 238 g/mol. The van der Waals surface area contributed by atoms with Crippen molar-refractivity contribution < 1.29 is 9.15 Å². The summed E-state index contributed by atoms with van der Waals surface area (Å²) >= 11 is 0. The van der Waals surface area contributed by atoms with Gasteiger partial charge in [-0.05, 0) is 59.6 Å². The third kappa shape index (κ3) is 3.83. The Hall–Kier alpha value is -0.800. The molecular formula is C16H27NO2. The average molecular weight is 265 g/mol. The summed E-state index contributed by atoms with van der Waals surface area (Å²) in [4.78, 5) is 0. The van der Waals surface area contributed by atoms with Crippen LogP contribution in [0.4, 0.5) is 0 Å². The third-order valence-corrected chi connectivity index (χ3v) is 3.96. The molecule has 108 valence electrons. The van der Waals surface area contributed by atoms with Crippen LogP contribution in [0.15, 0.2) is 22.8 Å². The van der Waals surface area contributed by atoms with E-state index in [1.165, 1.54) is 0 Å². The summed E-state index contributed by atoms with van der Waals surface area (Å²) in [7, 11) is 0. The van der Waals surface area contributed by atoms with E-state index in [4.69, 9.17) is 9.15 Å². The summed E-state index contributed by atoms with van der Waals surface area (Å²) in [5.74, 6) is 1.07. The van der Waals surface area contributed by atoms with Crippen LogP contribution in [0.2, 0.25) is 0 Å². The maximum atomic E-state index is 6.12. The molecule has 3 nitrogen and oxygen atoms in total. The van der Waals surface area contributed by atoms with Gasteiger partial charge in [-0.15, -0.1) is 0 Å². The predicted octanol–water partition coefficient (Wildman–Crippen LogP) is 3.54. The lowest BCUT2D eigenvalue weighted by atomic mass is 9.93. The molecule has 0 spiro atoms. The minimum atomic E-state index is -0.0948. The van der Waals surface area contributed by atoms with Crippen LogP contribution in [0, 0.1) is 0 Å². The summed E-state index contributed by atoms with van der Waals surface area (Å²) in [6.07, 6.45) is 4.87. The standard InChI is InChI=1S/C16H27NO2/c1-12(8-9-13-7-6-10-18-13)17-14-11-15(2,3)19-16(14,4)5/h6-7,10,12,14,17H,8-9,11H2,1-5H3. The highest BCUT2D eigenvalue weighted by atomic mass is 16.5. The van der Waals surface area contributed by atoms with Gasteiger partial charge in [-0.25, -0.2) is 0 Å².